The molecule has 204 valence electrons. The van der Waals surface area contributed by atoms with Crippen molar-refractivity contribution < 1.29 is 9.59 Å². The minimum atomic E-state index is -0.497. The molecule has 6 nitrogen and oxygen atoms in total. The van der Waals surface area contributed by atoms with Gasteiger partial charge < -0.3 is 14.7 Å². The molecule has 37 heavy (non-hydrogen) atoms. The standard InChI is InChI=1S/C29H42Cl2N4O2/c1-20(2)22-4-6-23(7-5-22)34-10-8-29(9-11-34)24-18-25(30)26(31)19-27(24)35(28(29)37)17-14-32-12-15-33(16-13-32)21(3)36/h18-20,22-23H,4-17H2,1-3H3. The van der Waals surface area contributed by atoms with E-state index in [1.807, 2.05) is 21.9 Å². The normalized spacial score (nSPS) is 26.8. The zero-order valence-corrected chi connectivity index (χ0v) is 24.2. The Morgan fingerprint density at radius 3 is 2.16 bits per heavy atom. The molecule has 5 rings (SSSR count). The monoisotopic (exact) mass is 548 g/mol. The quantitative estimate of drug-likeness (QED) is 0.516. The molecule has 3 heterocycles. The first-order valence-corrected chi connectivity index (χ1v) is 15.0. The van der Waals surface area contributed by atoms with Crippen LogP contribution in [-0.2, 0) is 15.0 Å². The summed E-state index contributed by atoms with van der Waals surface area (Å²) >= 11 is 13.0. The van der Waals surface area contributed by atoms with Gasteiger partial charge in [0.25, 0.3) is 0 Å². The molecule has 3 fully saturated rings. The van der Waals surface area contributed by atoms with Gasteiger partial charge >= 0.3 is 0 Å². The van der Waals surface area contributed by atoms with Gasteiger partial charge in [-0.25, -0.2) is 0 Å². The molecule has 1 aromatic rings. The van der Waals surface area contributed by atoms with Gasteiger partial charge in [-0.15, -0.1) is 0 Å². The lowest BCUT2D eigenvalue weighted by molar-refractivity contribution is -0.130. The number of piperazine rings is 1. The van der Waals surface area contributed by atoms with Crippen LogP contribution >= 0.6 is 23.2 Å². The SMILES string of the molecule is CC(=O)N1CCN(CCN2C(=O)C3(CCN(C4CCC(C(C)C)CC4)CC3)c3cc(Cl)c(Cl)cc32)CC1. The molecule has 0 unspecified atom stereocenters. The van der Waals surface area contributed by atoms with Gasteiger partial charge in [-0.05, 0) is 81.1 Å². The first-order valence-electron chi connectivity index (χ1n) is 14.2. The number of hydrogen-bond acceptors (Lipinski definition) is 4. The fraction of sp³-hybridized carbons (Fsp3) is 0.724. The molecular formula is C29H42Cl2N4O2. The number of halogens is 2. The molecule has 1 aliphatic carbocycles. The summed E-state index contributed by atoms with van der Waals surface area (Å²) < 4.78 is 0. The predicted molar refractivity (Wildman–Crippen MR) is 151 cm³/mol. The largest absolute Gasteiger partial charge is 0.340 e. The van der Waals surface area contributed by atoms with Crippen LogP contribution in [0, 0.1) is 11.8 Å². The van der Waals surface area contributed by atoms with Gasteiger partial charge in [-0.3, -0.25) is 14.5 Å². The van der Waals surface area contributed by atoms with Crippen LogP contribution in [0.15, 0.2) is 12.1 Å². The van der Waals surface area contributed by atoms with Crippen LogP contribution in [-0.4, -0.2) is 84.9 Å². The van der Waals surface area contributed by atoms with Crippen LogP contribution in [0.2, 0.25) is 10.0 Å². The topological polar surface area (TPSA) is 47.1 Å². The number of rotatable bonds is 5. The summed E-state index contributed by atoms with van der Waals surface area (Å²) in [6, 6.07) is 4.52. The maximum atomic E-state index is 14.1. The van der Waals surface area contributed by atoms with Crippen molar-refractivity contribution in [3.63, 3.8) is 0 Å². The number of carbonyl (C=O) groups excluding carboxylic acids is 2. The fourth-order valence-corrected chi connectivity index (χ4v) is 7.58. The van der Waals surface area contributed by atoms with Crippen molar-refractivity contribution in [3.05, 3.63) is 27.7 Å². The molecule has 0 aromatic heterocycles. The average Bonchev–Trinajstić information content (AvgIpc) is 3.10. The molecule has 2 amide bonds. The number of hydrogen-bond donors (Lipinski definition) is 0. The Hall–Kier alpha value is -1.34. The zero-order chi connectivity index (χ0) is 26.3. The van der Waals surface area contributed by atoms with Crippen LogP contribution in [0.25, 0.3) is 0 Å². The minimum absolute atomic E-state index is 0.135. The van der Waals surface area contributed by atoms with Gasteiger partial charge in [0.15, 0.2) is 0 Å². The number of carbonyl (C=O) groups is 2. The number of anilines is 1. The van der Waals surface area contributed by atoms with E-state index in [0.717, 1.165) is 81.7 Å². The first kappa shape index (κ1) is 27.2. The second-order valence-corrected chi connectivity index (χ2v) is 12.8. The molecule has 4 aliphatic rings. The van der Waals surface area contributed by atoms with Crippen LogP contribution in [0.5, 0.6) is 0 Å². The Morgan fingerprint density at radius 1 is 0.946 bits per heavy atom. The highest BCUT2D eigenvalue weighted by molar-refractivity contribution is 6.42. The molecule has 1 spiro atoms. The summed E-state index contributed by atoms with van der Waals surface area (Å²) in [5.74, 6) is 1.99. The van der Waals surface area contributed by atoms with Crippen molar-refractivity contribution in [1.82, 2.24) is 14.7 Å². The summed E-state index contributed by atoms with van der Waals surface area (Å²) in [4.78, 5) is 34.7. The van der Waals surface area contributed by atoms with E-state index < -0.39 is 5.41 Å². The number of likely N-dealkylation sites (tertiary alicyclic amines) is 1. The summed E-state index contributed by atoms with van der Waals surface area (Å²) in [6.45, 7) is 12.9. The Labute approximate surface area is 232 Å². The number of amides is 2. The van der Waals surface area contributed by atoms with Crippen LogP contribution < -0.4 is 4.90 Å². The number of piperidine rings is 1. The van der Waals surface area contributed by atoms with E-state index >= 15 is 0 Å². The molecule has 0 bridgehead atoms. The molecule has 3 aliphatic heterocycles. The van der Waals surface area contributed by atoms with E-state index in [2.05, 4.69) is 23.6 Å². The van der Waals surface area contributed by atoms with Crippen LogP contribution in [0.1, 0.15) is 64.9 Å². The summed E-state index contributed by atoms with van der Waals surface area (Å²) in [5, 5.41) is 1.04. The average molecular weight is 550 g/mol. The molecule has 0 radical (unpaired) electrons. The molecular weight excluding hydrogens is 507 g/mol. The van der Waals surface area contributed by atoms with Gasteiger partial charge in [0.2, 0.25) is 11.8 Å². The Kier molecular flexibility index (Phi) is 8.12. The van der Waals surface area contributed by atoms with E-state index in [1.165, 1.54) is 25.7 Å². The molecule has 8 heteroatoms. The van der Waals surface area contributed by atoms with Crippen molar-refractivity contribution in [1.29, 1.82) is 0 Å². The summed E-state index contributed by atoms with van der Waals surface area (Å²) in [6.07, 6.45) is 6.90. The molecule has 0 atom stereocenters. The van der Waals surface area contributed by atoms with Crippen molar-refractivity contribution in [2.75, 3.05) is 57.3 Å². The van der Waals surface area contributed by atoms with Crippen molar-refractivity contribution in [3.8, 4) is 0 Å². The van der Waals surface area contributed by atoms with Crippen molar-refractivity contribution in [2.45, 2.75) is 70.8 Å². The number of benzene rings is 1. The third-order valence-corrected chi connectivity index (χ3v) is 10.5. The Balaban J connectivity index is 1.27. The minimum Gasteiger partial charge on any atom is -0.340 e. The summed E-state index contributed by atoms with van der Waals surface area (Å²) in [5.41, 5.74) is 1.51. The van der Waals surface area contributed by atoms with Crippen LogP contribution in [0.4, 0.5) is 5.69 Å². The molecule has 1 saturated carbocycles. The van der Waals surface area contributed by atoms with E-state index in [0.29, 0.717) is 22.6 Å². The van der Waals surface area contributed by atoms with Crippen molar-refractivity contribution >= 4 is 40.7 Å². The number of fused-ring (bicyclic) bond motifs is 2. The van der Waals surface area contributed by atoms with Gasteiger partial charge in [0.05, 0.1) is 15.5 Å². The van der Waals surface area contributed by atoms with E-state index in [4.69, 9.17) is 23.2 Å². The fourth-order valence-electron chi connectivity index (χ4n) is 7.26. The lowest BCUT2D eigenvalue weighted by atomic mass is 9.72. The van der Waals surface area contributed by atoms with Gasteiger partial charge in [-0.1, -0.05) is 37.0 Å². The third kappa shape index (κ3) is 5.28. The van der Waals surface area contributed by atoms with E-state index in [9.17, 15) is 9.59 Å². The van der Waals surface area contributed by atoms with Crippen molar-refractivity contribution in [2.24, 2.45) is 11.8 Å². The molecule has 1 aromatic carbocycles. The lowest BCUT2D eigenvalue weighted by Gasteiger charge is -2.44. The second kappa shape index (κ2) is 11.0. The van der Waals surface area contributed by atoms with Gasteiger partial charge in [0.1, 0.15) is 0 Å². The smallest absolute Gasteiger partial charge is 0.237 e. The molecule has 0 N–H and O–H groups in total. The number of nitrogens with zero attached hydrogens (tertiary/aromatic N) is 4. The highest BCUT2D eigenvalue weighted by Crippen LogP contribution is 2.50. The second-order valence-electron chi connectivity index (χ2n) is 12.0. The van der Waals surface area contributed by atoms with E-state index in [1.54, 1.807) is 6.92 Å². The zero-order valence-electron chi connectivity index (χ0n) is 22.6. The Morgan fingerprint density at radius 2 is 1.57 bits per heavy atom. The summed E-state index contributed by atoms with van der Waals surface area (Å²) in [7, 11) is 0. The maximum absolute atomic E-state index is 14.1. The van der Waals surface area contributed by atoms with E-state index in [-0.39, 0.29) is 11.8 Å². The van der Waals surface area contributed by atoms with Crippen LogP contribution in [0.3, 0.4) is 0 Å². The Bertz CT molecular complexity index is 1010. The predicted octanol–water partition coefficient (Wildman–Crippen LogP) is 5.05. The third-order valence-electron chi connectivity index (χ3n) is 9.81. The highest BCUT2D eigenvalue weighted by atomic mass is 35.5. The van der Waals surface area contributed by atoms with Gasteiger partial charge in [-0.2, -0.15) is 0 Å². The lowest BCUT2D eigenvalue weighted by Crippen LogP contribution is -2.53. The van der Waals surface area contributed by atoms with Gasteiger partial charge in [0, 0.05) is 57.9 Å². The molecule has 2 saturated heterocycles. The highest BCUT2D eigenvalue weighted by Gasteiger charge is 2.52. The first-order chi connectivity index (χ1) is 17.7. The maximum Gasteiger partial charge on any atom is 0.237 e.